The molecule has 0 saturated heterocycles. The van der Waals surface area contributed by atoms with Crippen LogP contribution in [0.4, 0.5) is 4.79 Å². The van der Waals surface area contributed by atoms with Gasteiger partial charge in [0.1, 0.15) is 6.29 Å². The van der Waals surface area contributed by atoms with Crippen molar-refractivity contribution in [3.8, 4) is 0 Å². The van der Waals surface area contributed by atoms with Gasteiger partial charge < -0.3 is 9.53 Å². The van der Waals surface area contributed by atoms with Gasteiger partial charge in [0.15, 0.2) is 0 Å². The van der Waals surface area contributed by atoms with Crippen molar-refractivity contribution in [3.05, 3.63) is 0 Å². The molecule has 70 valence electrons. The molecule has 5 nitrogen and oxygen atoms in total. The summed E-state index contributed by atoms with van der Waals surface area (Å²) >= 11 is 0. The van der Waals surface area contributed by atoms with Gasteiger partial charge in [-0.15, -0.1) is 0 Å². The molecule has 1 amide bonds. The van der Waals surface area contributed by atoms with E-state index in [4.69, 9.17) is 0 Å². The summed E-state index contributed by atoms with van der Waals surface area (Å²) in [5, 5.41) is 1.14. The molecule has 0 fully saturated rings. The molecule has 12 heavy (non-hydrogen) atoms. The zero-order valence-corrected chi connectivity index (χ0v) is 7.53. The lowest BCUT2D eigenvalue weighted by Gasteiger charge is -2.19. The van der Waals surface area contributed by atoms with Crippen LogP contribution in [-0.4, -0.2) is 37.6 Å². The SMILES string of the molecule is CCC(C=O)NN(C)C(=O)OC. The predicted molar refractivity (Wildman–Crippen MR) is 43.4 cm³/mol. The average molecular weight is 174 g/mol. The van der Waals surface area contributed by atoms with Crippen LogP contribution in [0.25, 0.3) is 0 Å². The third-order valence-electron chi connectivity index (χ3n) is 1.41. The number of hydrazine groups is 1. The first-order valence-electron chi connectivity index (χ1n) is 3.68. The van der Waals surface area contributed by atoms with Gasteiger partial charge in [0.2, 0.25) is 0 Å². The van der Waals surface area contributed by atoms with Crippen LogP contribution < -0.4 is 5.43 Å². The number of ether oxygens (including phenoxy) is 1. The molecule has 0 aromatic heterocycles. The third kappa shape index (κ3) is 3.34. The van der Waals surface area contributed by atoms with Gasteiger partial charge in [-0.25, -0.2) is 15.2 Å². The lowest BCUT2D eigenvalue weighted by atomic mass is 10.3. The van der Waals surface area contributed by atoms with Crippen molar-refractivity contribution in [3.63, 3.8) is 0 Å². The van der Waals surface area contributed by atoms with Crippen molar-refractivity contribution in [2.75, 3.05) is 14.2 Å². The number of hydrogen-bond acceptors (Lipinski definition) is 4. The number of carbonyl (C=O) groups excluding carboxylic acids is 2. The first kappa shape index (κ1) is 10.9. The Kier molecular flexibility index (Phi) is 5.03. The molecule has 0 radical (unpaired) electrons. The molecule has 0 rings (SSSR count). The van der Waals surface area contributed by atoms with Crippen LogP contribution in [0.15, 0.2) is 0 Å². The van der Waals surface area contributed by atoms with Gasteiger partial charge in [-0.1, -0.05) is 6.92 Å². The van der Waals surface area contributed by atoms with Gasteiger partial charge in [-0.3, -0.25) is 0 Å². The van der Waals surface area contributed by atoms with E-state index in [1.165, 1.54) is 14.2 Å². The van der Waals surface area contributed by atoms with Crippen molar-refractivity contribution in [2.24, 2.45) is 0 Å². The molecule has 0 heterocycles. The normalized spacial score (nSPS) is 11.9. The topological polar surface area (TPSA) is 58.6 Å². The Morgan fingerprint density at radius 1 is 1.75 bits per heavy atom. The van der Waals surface area contributed by atoms with E-state index < -0.39 is 6.09 Å². The largest absolute Gasteiger partial charge is 0.452 e. The summed E-state index contributed by atoms with van der Waals surface area (Å²) in [6.45, 7) is 1.84. The molecule has 1 atom stereocenters. The fourth-order valence-electron chi connectivity index (χ4n) is 0.656. The molecule has 0 aliphatic heterocycles. The zero-order valence-electron chi connectivity index (χ0n) is 7.53. The van der Waals surface area contributed by atoms with Crippen LogP contribution >= 0.6 is 0 Å². The minimum atomic E-state index is -0.518. The average Bonchev–Trinajstić information content (AvgIpc) is 2.12. The molecule has 0 aromatic rings. The molecule has 0 aromatic carbocycles. The molecule has 0 aliphatic carbocycles. The summed E-state index contributed by atoms with van der Waals surface area (Å²) in [4.78, 5) is 21.1. The lowest BCUT2D eigenvalue weighted by molar-refractivity contribution is -0.110. The fourth-order valence-corrected chi connectivity index (χ4v) is 0.656. The second kappa shape index (κ2) is 5.54. The van der Waals surface area contributed by atoms with Gasteiger partial charge in [0.25, 0.3) is 0 Å². The molecule has 1 N–H and O–H groups in total. The van der Waals surface area contributed by atoms with Crippen LogP contribution in [0.2, 0.25) is 0 Å². The molecule has 0 aliphatic rings. The Morgan fingerprint density at radius 2 is 2.33 bits per heavy atom. The van der Waals surface area contributed by atoms with E-state index in [1.807, 2.05) is 6.92 Å². The minimum Gasteiger partial charge on any atom is -0.452 e. The predicted octanol–water partition coefficient (Wildman–Crippen LogP) is 0.167. The smallest absolute Gasteiger partial charge is 0.423 e. The highest BCUT2D eigenvalue weighted by Crippen LogP contribution is 1.89. The van der Waals surface area contributed by atoms with Gasteiger partial charge in [0, 0.05) is 7.05 Å². The Bertz CT molecular complexity index is 161. The highest BCUT2D eigenvalue weighted by molar-refractivity contribution is 5.67. The van der Waals surface area contributed by atoms with Crippen molar-refractivity contribution in [1.82, 2.24) is 10.4 Å². The fraction of sp³-hybridized carbons (Fsp3) is 0.714. The maximum Gasteiger partial charge on any atom is 0.423 e. The van der Waals surface area contributed by atoms with E-state index in [9.17, 15) is 9.59 Å². The number of aldehydes is 1. The van der Waals surface area contributed by atoms with E-state index in [0.717, 1.165) is 11.3 Å². The highest BCUT2D eigenvalue weighted by atomic mass is 16.5. The number of amides is 1. The van der Waals surface area contributed by atoms with Crippen molar-refractivity contribution in [2.45, 2.75) is 19.4 Å². The number of rotatable bonds is 4. The number of nitrogens with zero attached hydrogens (tertiary/aromatic N) is 1. The molecule has 1 unspecified atom stereocenters. The molecule has 5 heteroatoms. The molecular weight excluding hydrogens is 160 g/mol. The Hall–Kier alpha value is -1.10. The van der Waals surface area contributed by atoms with Crippen molar-refractivity contribution >= 4 is 12.4 Å². The zero-order chi connectivity index (χ0) is 9.56. The van der Waals surface area contributed by atoms with Crippen LogP contribution in [-0.2, 0) is 9.53 Å². The van der Waals surface area contributed by atoms with E-state index in [1.54, 1.807) is 0 Å². The Labute approximate surface area is 71.6 Å². The molecule has 0 spiro atoms. The van der Waals surface area contributed by atoms with Crippen molar-refractivity contribution < 1.29 is 14.3 Å². The summed E-state index contributed by atoms with van der Waals surface area (Å²) in [6.07, 6.45) is 0.861. The van der Waals surface area contributed by atoms with Crippen LogP contribution in [0.1, 0.15) is 13.3 Å². The summed E-state index contributed by atoms with van der Waals surface area (Å²) in [5.41, 5.74) is 2.66. The summed E-state index contributed by atoms with van der Waals surface area (Å²) in [5.74, 6) is 0. The van der Waals surface area contributed by atoms with E-state index in [-0.39, 0.29) is 6.04 Å². The highest BCUT2D eigenvalue weighted by Gasteiger charge is 2.11. The van der Waals surface area contributed by atoms with Crippen LogP contribution in [0.3, 0.4) is 0 Å². The summed E-state index contributed by atoms with van der Waals surface area (Å²) in [7, 11) is 2.78. The maximum absolute atomic E-state index is 10.8. The van der Waals surface area contributed by atoms with Crippen LogP contribution in [0.5, 0.6) is 0 Å². The number of methoxy groups -OCH3 is 1. The van der Waals surface area contributed by atoms with Gasteiger partial charge in [0.05, 0.1) is 13.2 Å². The summed E-state index contributed by atoms with van der Waals surface area (Å²) in [6, 6.07) is -0.339. The Balaban J connectivity index is 3.88. The lowest BCUT2D eigenvalue weighted by Crippen LogP contribution is -2.46. The van der Waals surface area contributed by atoms with E-state index in [0.29, 0.717) is 6.42 Å². The standard InChI is InChI=1S/C7H14N2O3/c1-4-6(5-10)8-9(2)7(11)12-3/h5-6,8H,4H2,1-3H3. The number of carbonyl (C=O) groups is 2. The summed E-state index contributed by atoms with van der Waals surface area (Å²) < 4.78 is 4.41. The van der Waals surface area contributed by atoms with Gasteiger partial charge >= 0.3 is 6.09 Å². The Morgan fingerprint density at radius 3 is 2.67 bits per heavy atom. The molecule has 0 saturated carbocycles. The molecular formula is C7H14N2O3. The quantitative estimate of drug-likeness (QED) is 0.487. The second-order valence-corrected chi connectivity index (χ2v) is 2.31. The number of nitrogens with one attached hydrogen (secondary N) is 1. The van der Waals surface area contributed by atoms with Crippen LogP contribution in [0, 0.1) is 0 Å². The number of hydrogen-bond donors (Lipinski definition) is 1. The van der Waals surface area contributed by atoms with E-state index in [2.05, 4.69) is 10.2 Å². The first-order valence-corrected chi connectivity index (χ1v) is 3.68. The monoisotopic (exact) mass is 174 g/mol. The van der Waals surface area contributed by atoms with Gasteiger partial charge in [-0.2, -0.15) is 0 Å². The molecule has 0 bridgehead atoms. The van der Waals surface area contributed by atoms with Gasteiger partial charge in [-0.05, 0) is 6.42 Å². The first-order chi connectivity index (χ1) is 5.65. The maximum atomic E-state index is 10.8. The van der Waals surface area contributed by atoms with E-state index >= 15 is 0 Å². The van der Waals surface area contributed by atoms with Crippen molar-refractivity contribution in [1.29, 1.82) is 0 Å². The third-order valence-corrected chi connectivity index (χ3v) is 1.41. The minimum absolute atomic E-state index is 0.339. The second-order valence-electron chi connectivity index (χ2n) is 2.31.